The van der Waals surface area contributed by atoms with Crippen molar-refractivity contribution in [2.24, 2.45) is 0 Å². The van der Waals surface area contributed by atoms with Gasteiger partial charge in [-0.2, -0.15) is 0 Å². The third kappa shape index (κ3) is 1.48. The summed E-state index contributed by atoms with van der Waals surface area (Å²) in [4.78, 5) is 3.98. The molecule has 0 bridgehead atoms. The minimum absolute atomic E-state index is 0.288. The van der Waals surface area contributed by atoms with E-state index in [4.69, 9.17) is 9.31 Å². The number of rotatable bonds is 1. The molecule has 0 fully saturated rings. The SMILES string of the molecule is C1=COB(c2cccnc2)OC1. The quantitative estimate of drug-likeness (QED) is 0.556. The van der Waals surface area contributed by atoms with Crippen molar-refractivity contribution in [3.05, 3.63) is 36.9 Å². The third-order valence-electron chi connectivity index (χ3n) is 1.60. The Morgan fingerprint density at radius 3 is 3.17 bits per heavy atom. The maximum atomic E-state index is 5.31. The Bertz CT molecular complexity index is 276. The van der Waals surface area contributed by atoms with E-state index < -0.39 is 0 Å². The van der Waals surface area contributed by atoms with Crippen LogP contribution in [0.1, 0.15) is 0 Å². The zero-order valence-corrected chi connectivity index (χ0v) is 6.51. The standard InChI is InChI=1S/C8H8BNO2/c1-3-8(7-10-4-1)9-11-5-2-6-12-9/h1-5,7H,6H2. The summed E-state index contributed by atoms with van der Waals surface area (Å²) in [6.45, 7) is 0.597. The van der Waals surface area contributed by atoms with Gasteiger partial charge in [-0.3, -0.25) is 4.98 Å². The lowest BCUT2D eigenvalue weighted by atomic mass is 9.80. The van der Waals surface area contributed by atoms with Crippen molar-refractivity contribution in [2.45, 2.75) is 0 Å². The predicted molar refractivity (Wildman–Crippen MR) is 45.8 cm³/mol. The minimum atomic E-state index is -0.288. The molecular formula is C8H8BNO2. The summed E-state index contributed by atoms with van der Waals surface area (Å²) >= 11 is 0. The number of nitrogens with zero attached hydrogens (tertiary/aromatic N) is 1. The molecular weight excluding hydrogens is 153 g/mol. The molecule has 0 amide bonds. The maximum absolute atomic E-state index is 5.31. The molecule has 1 aliphatic heterocycles. The molecule has 0 spiro atoms. The van der Waals surface area contributed by atoms with Crippen LogP contribution in [0.15, 0.2) is 36.9 Å². The van der Waals surface area contributed by atoms with Crippen molar-refractivity contribution in [2.75, 3.05) is 6.61 Å². The average Bonchev–Trinajstić information content (AvgIpc) is 2.21. The van der Waals surface area contributed by atoms with Crippen molar-refractivity contribution >= 4 is 12.6 Å². The van der Waals surface area contributed by atoms with E-state index in [9.17, 15) is 0 Å². The molecule has 0 saturated carbocycles. The smallest absolute Gasteiger partial charge is 0.538 e. The molecule has 0 aliphatic carbocycles. The van der Waals surface area contributed by atoms with Gasteiger partial charge >= 0.3 is 7.12 Å². The third-order valence-corrected chi connectivity index (χ3v) is 1.60. The highest BCUT2D eigenvalue weighted by molar-refractivity contribution is 6.61. The summed E-state index contributed by atoms with van der Waals surface area (Å²) in [5.74, 6) is 0. The van der Waals surface area contributed by atoms with Gasteiger partial charge in [-0.15, -0.1) is 0 Å². The molecule has 0 unspecified atom stereocenters. The molecule has 0 saturated heterocycles. The normalized spacial score (nSPS) is 15.8. The Labute approximate surface area is 71.2 Å². The van der Waals surface area contributed by atoms with Gasteiger partial charge in [0, 0.05) is 17.9 Å². The van der Waals surface area contributed by atoms with Crippen molar-refractivity contribution in [3.63, 3.8) is 0 Å². The van der Waals surface area contributed by atoms with Gasteiger partial charge in [0.2, 0.25) is 0 Å². The highest BCUT2D eigenvalue weighted by Crippen LogP contribution is 1.98. The molecule has 2 heterocycles. The highest BCUT2D eigenvalue weighted by Gasteiger charge is 2.23. The van der Waals surface area contributed by atoms with Crippen LogP contribution in [-0.2, 0) is 9.31 Å². The lowest BCUT2D eigenvalue weighted by molar-refractivity contribution is 0.264. The highest BCUT2D eigenvalue weighted by atomic mass is 16.6. The Kier molecular flexibility index (Phi) is 2.09. The summed E-state index contributed by atoms with van der Waals surface area (Å²) in [6, 6.07) is 3.79. The van der Waals surface area contributed by atoms with Gasteiger partial charge in [0.25, 0.3) is 0 Å². The van der Waals surface area contributed by atoms with Gasteiger partial charge in [-0.25, -0.2) is 0 Å². The molecule has 4 heteroatoms. The summed E-state index contributed by atoms with van der Waals surface area (Å²) < 4.78 is 10.5. The van der Waals surface area contributed by atoms with Crippen LogP contribution in [0.25, 0.3) is 0 Å². The van der Waals surface area contributed by atoms with Crippen LogP contribution in [-0.4, -0.2) is 18.7 Å². The summed E-state index contributed by atoms with van der Waals surface area (Å²) in [5.41, 5.74) is 0.946. The summed E-state index contributed by atoms with van der Waals surface area (Å²) in [6.07, 6.45) is 6.94. The zero-order chi connectivity index (χ0) is 8.23. The van der Waals surface area contributed by atoms with Gasteiger partial charge in [-0.05, 0) is 12.1 Å². The monoisotopic (exact) mass is 161 g/mol. The zero-order valence-electron chi connectivity index (χ0n) is 6.51. The molecule has 0 N–H and O–H groups in total. The molecule has 1 aliphatic rings. The maximum Gasteiger partial charge on any atom is 0.564 e. The van der Waals surface area contributed by atoms with Crippen LogP contribution in [0.5, 0.6) is 0 Å². The topological polar surface area (TPSA) is 31.4 Å². The van der Waals surface area contributed by atoms with E-state index in [0.29, 0.717) is 6.61 Å². The Morgan fingerprint density at radius 1 is 1.50 bits per heavy atom. The second-order valence-electron chi connectivity index (χ2n) is 2.46. The minimum Gasteiger partial charge on any atom is -0.538 e. The van der Waals surface area contributed by atoms with Crippen molar-refractivity contribution < 1.29 is 9.31 Å². The fourth-order valence-corrected chi connectivity index (χ4v) is 1.04. The van der Waals surface area contributed by atoms with Gasteiger partial charge in [0.05, 0.1) is 12.9 Å². The number of aromatic nitrogens is 1. The molecule has 0 aromatic carbocycles. The van der Waals surface area contributed by atoms with E-state index in [1.165, 1.54) is 0 Å². The van der Waals surface area contributed by atoms with E-state index in [1.807, 2.05) is 18.2 Å². The first-order chi connectivity index (χ1) is 5.97. The molecule has 2 rings (SSSR count). The second kappa shape index (κ2) is 3.41. The summed E-state index contributed by atoms with van der Waals surface area (Å²) in [5, 5.41) is 0. The van der Waals surface area contributed by atoms with Crippen LogP contribution in [0.4, 0.5) is 0 Å². The molecule has 60 valence electrons. The van der Waals surface area contributed by atoms with E-state index >= 15 is 0 Å². The van der Waals surface area contributed by atoms with E-state index in [1.54, 1.807) is 18.7 Å². The van der Waals surface area contributed by atoms with Crippen LogP contribution in [0.3, 0.4) is 0 Å². The van der Waals surface area contributed by atoms with Crippen molar-refractivity contribution in [1.82, 2.24) is 4.98 Å². The first kappa shape index (κ1) is 7.37. The molecule has 3 nitrogen and oxygen atoms in total. The van der Waals surface area contributed by atoms with Crippen LogP contribution in [0.2, 0.25) is 0 Å². The predicted octanol–water partition coefficient (Wildman–Crippen LogP) is 0.337. The van der Waals surface area contributed by atoms with Crippen molar-refractivity contribution in [3.8, 4) is 0 Å². The number of pyridine rings is 1. The van der Waals surface area contributed by atoms with Crippen molar-refractivity contribution in [1.29, 1.82) is 0 Å². The van der Waals surface area contributed by atoms with Gasteiger partial charge < -0.3 is 9.31 Å². The molecule has 0 atom stereocenters. The fourth-order valence-electron chi connectivity index (χ4n) is 1.04. The van der Waals surface area contributed by atoms with E-state index in [-0.39, 0.29) is 7.12 Å². The lowest BCUT2D eigenvalue weighted by Gasteiger charge is -2.14. The molecule has 12 heavy (non-hydrogen) atoms. The molecule has 0 radical (unpaired) electrons. The average molecular weight is 161 g/mol. The fraction of sp³-hybridized carbons (Fsp3) is 0.125. The first-order valence-corrected chi connectivity index (χ1v) is 3.79. The Hall–Kier alpha value is -1.29. The number of hydrogen-bond donors (Lipinski definition) is 0. The number of hydrogen-bond acceptors (Lipinski definition) is 3. The van der Waals surface area contributed by atoms with E-state index in [0.717, 1.165) is 5.46 Å². The van der Waals surface area contributed by atoms with Gasteiger partial charge in [0.15, 0.2) is 0 Å². The van der Waals surface area contributed by atoms with E-state index in [2.05, 4.69) is 4.98 Å². The van der Waals surface area contributed by atoms with Crippen LogP contribution < -0.4 is 5.46 Å². The van der Waals surface area contributed by atoms with Gasteiger partial charge in [-0.1, -0.05) is 6.07 Å². The Morgan fingerprint density at radius 2 is 2.50 bits per heavy atom. The van der Waals surface area contributed by atoms with Gasteiger partial charge in [0.1, 0.15) is 0 Å². The lowest BCUT2D eigenvalue weighted by Crippen LogP contribution is -2.37. The largest absolute Gasteiger partial charge is 0.564 e. The summed E-state index contributed by atoms with van der Waals surface area (Å²) in [7, 11) is -0.288. The van der Waals surface area contributed by atoms with Crippen LogP contribution in [0, 0.1) is 0 Å². The van der Waals surface area contributed by atoms with Crippen LogP contribution >= 0.6 is 0 Å². The molecule has 1 aromatic rings. The first-order valence-electron chi connectivity index (χ1n) is 3.79. The Balaban J connectivity index is 2.15. The molecule has 1 aromatic heterocycles. The second-order valence-corrected chi connectivity index (χ2v) is 2.46.